The number of methoxy groups -OCH3 is 1. The van der Waals surface area contributed by atoms with E-state index in [1.54, 1.807) is 7.11 Å². The Morgan fingerprint density at radius 1 is 0.781 bits per heavy atom. The highest BCUT2D eigenvalue weighted by atomic mass is 32.1. The first-order valence-corrected chi connectivity index (χ1v) is 11.5. The van der Waals surface area contributed by atoms with Crippen molar-refractivity contribution in [3.63, 3.8) is 0 Å². The predicted octanol–water partition coefficient (Wildman–Crippen LogP) is 6.28. The first-order chi connectivity index (χ1) is 15.7. The largest absolute Gasteiger partial charge is 0.497 e. The van der Waals surface area contributed by atoms with Crippen LogP contribution in [0.1, 0.15) is 30.0 Å². The molecule has 0 aromatic heterocycles. The van der Waals surface area contributed by atoms with E-state index < -0.39 is 5.60 Å². The number of rotatable bonds is 12. The quantitative estimate of drug-likeness (QED) is 0.153. The maximum atomic E-state index is 6.79. The number of allylic oxidation sites excluding steroid dienone is 1. The molecule has 3 rings (SSSR count). The second kappa shape index (κ2) is 12.5. The zero-order valence-electron chi connectivity index (χ0n) is 18.8. The third kappa shape index (κ3) is 6.04. The summed E-state index contributed by atoms with van der Waals surface area (Å²) in [7, 11) is 1.67. The lowest BCUT2D eigenvalue weighted by atomic mass is 9.80. The minimum atomic E-state index is -0.780. The minimum absolute atomic E-state index is 0.0601. The lowest BCUT2D eigenvalue weighted by Crippen LogP contribution is -2.35. The van der Waals surface area contributed by atoms with E-state index in [9.17, 15) is 0 Å². The molecule has 1 atom stereocenters. The Kier molecular flexibility index (Phi) is 9.42. The van der Waals surface area contributed by atoms with Crippen LogP contribution in [0, 0.1) is 0 Å². The second-order valence-electron chi connectivity index (χ2n) is 7.52. The fourth-order valence-electron chi connectivity index (χ4n) is 3.70. The fourth-order valence-corrected chi connectivity index (χ4v) is 3.88. The van der Waals surface area contributed by atoms with Crippen molar-refractivity contribution in [2.75, 3.05) is 26.9 Å². The Labute approximate surface area is 197 Å². The van der Waals surface area contributed by atoms with E-state index in [2.05, 4.69) is 49.4 Å². The molecule has 0 aliphatic heterocycles. The third-order valence-electron chi connectivity index (χ3n) is 5.28. The average Bonchev–Trinajstić information content (AvgIpc) is 2.86. The van der Waals surface area contributed by atoms with Crippen molar-refractivity contribution < 1.29 is 14.2 Å². The van der Waals surface area contributed by atoms with Gasteiger partial charge in [0.25, 0.3) is 0 Å². The Hall–Kier alpha value is -2.53. The van der Waals surface area contributed by atoms with Crippen LogP contribution in [0.4, 0.5) is 0 Å². The summed E-state index contributed by atoms with van der Waals surface area (Å²) in [5.74, 6) is 0.810. The summed E-state index contributed by atoms with van der Waals surface area (Å²) < 4.78 is 17.9. The van der Waals surface area contributed by atoms with Crippen LogP contribution in [0.5, 0.6) is 5.75 Å². The molecule has 0 N–H and O–H groups in total. The average molecular weight is 449 g/mol. The van der Waals surface area contributed by atoms with Crippen LogP contribution in [0.3, 0.4) is 0 Å². The number of benzene rings is 3. The van der Waals surface area contributed by atoms with Crippen molar-refractivity contribution in [2.45, 2.75) is 24.2 Å². The maximum Gasteiger partial charge on any atom is 0.143 e. The molecule has 0 aliphatic rings. The van der Waals surface area contributed by atoms with E-state index in [0.717, 1.165) is 28.9 Å². The van der Waals surface area contributed by atoms with E-state index >= 15 is 0 Å². The molecule has 3 aromatic carbocycles. The van der Waals surface area contributed by atoms with E-state index in [1.165, 1.54) is 0 Å². The monoisotopic (exact) mass is 448 g/mol. The van der Waals surface area contributed by atoms with Gasteiger partial charge in [-0.15, -0.1) is 0 Å². The fraction of sp³-hybridized carbons (Fsp3) is 0.286. The molecule has 3 nitrogen and oxygen atoms in total. The highest BCUT2D eigenvalue weighted by Crippen LogP contribution is 2.41. The van der Waals surface area contributed by atoms with Gasteiger partial charge in [-0.05, 0) is 35.2 Å². The Balaban J connectivity index is 1.95. The molecule has 0 saturated heterocycles. The number of hydrogen-bond acceptors (Lipinski definition) is 4. The maximum absolute atomic E-state index is 6.79. The van der Waals surface area contributed by atoms with Gasteiger partial charge in [-0.3, -0.25) is 0 Å². The summed E-state index contributed by atoms with van der Waals surface area (Å²) in [6.07, 6.45) is 5.15. The van der Waals surface area contributed by atoms with Crippen LogP contribution >= 0.6 is 12.6 Å². The molecule has 0 bridgehead atoms. The first-order valence-electron chi connectivity index (χ1n) is 11.0. The Morgan fingerprint density at radius 2 is 1.34 bits per heavy atom. The molecular formula is C28H32O3S. The molecular weight excluding hydrogens is 416 g/mol. The number of thiol groups is 1. The molecule has 0 saturated carbocycles. The smallest absolute Gasteiger partial charge is 0.143 e. The predicted molar refractivity (Wildman–Crippen MR) is 135 cm³/mol. The standard InChI is InChI=1S/C28H32O3S/c1-3-4-11-20-30-21-27(32)22-31-28(23-12-7-5-8-13-23,24-14-9-6-10-15-24)25-16-18-26(29-2)19-17-25/h4-19,27,32H,3,20-22H2,1-2H3/b11-4-/t27-/m0/s1. The number of hydrogen-bond donors (Lipinski definition) is 1. The van der Waals surface area contributed by atoms with E-state index in [0.29, 0.717) is 19.8 Å². The molecule has 4 heteroatoms. The molecule has 0 aliphatic carbocycles. The molecule has 32 heavy (non-hydrogen) atoms. The Morgan fingerprint density at radius 3 is 1.88 bits per heavy atom. The van der Waals surface area contributed by atoms with Crippen LogP contribution in [0.25, 0.3) is 0 Å². The van der Waals surface area contributed by atoms with Crippen LogP contribution in [0.15, 0.2) is 97.1 Å². The van der Waals surface area contributed by atoms with Gasteiger partial charge >= 0.3 is 0 Å². The molecule has 0 amide bonds. The van der Waals surface area contributed by atoms with Crippen LogP contribution in [-0.4, -0.2) is 32.2 Å². The normalized spacial score (nSPS) is 12.7. The van der Waals surface area contributed by atoms with E-state index in [1.807, 2.05) is 54.6 Å². The second-order valence-corrected chi connectivity index (χ2v) is 8.25. The van der Waals surface area contributed by atoms with Gasteiger partial charge in [0.15, 0.2) is 0 Å². The van der Waals surface area contributed by atoms with Gasteiger partial charge in [-0.25, -0.2) is 0 Å². The van der Waals surface area contributed by atoms with Gasteiger partial charge in [0, 0.05) is 5.25 Å². The lowest BCUT2D eigenvalue weighted by molar-refractivity contribution is 0.00456. The zero-order chi connectivity index (χ0) is 22.7. The van der Waals surface area contributed by atoms with Crippen LogP contribution < -0.4 is 4.74 Å². The summed E-state index contributed by atoms with van der Waals surface area (Å²) in [6.45, 7) is 3.64. The summed E-state index contributed by atoms with van der Waals surface area (Å²) in [6, 6.07) is 28.7. The van der Waals surface area contributed by atoms with Crippen molar-refractivity contribution in [1.82, 2.24) is 0 Å². The van der Waals surface area contributed by atoms with Crippen LogP contribution in [0.2, 0.25) is 0 Å². The van der Waals surface area contributed by atoms with Crippen molar-refractivity contribution in [3.8, 4) is 5.75 Å². The lowest BCUT2D eigenvalue weighted by Gasteiger charge is -2.36. The topological polar surface area (TPSA) is 27.7 Å². The highest BCUT2D eigenvalue weighted by Gasteiger charge is 2.38. The molecule has 0 radical (unpaired) electrons. The van der Waals surface area contributed by atoms with Crippen molar-refractivity contribution >= 4 is 12.6 Å². The van der Waals surface area contributed by atoms with Crippen molar-refractivity contribution in [3.05, 3.63) is 114 Å². The highest BCUT2D eigenvalue weighted by molar-refractivity contribution is 7.81. The SMILES string of the molecule is CC/C=C\COC[C@H](S)COC(c1ccccc1)(c1ccccc1)c1ccc(OC)cc1. The van der Waals surface area contributed by atoms with Gasteiger partial charge in [0.05, 0.1) is 26.9 Å². The van der Waals surface area contributed by atoms with Gasteiger partial charge in [-0.2, -0.15) is 12.6 Å². The van der Waals surface area contributed by atoms with Crippen molar-refractivity contribution in [2.24, 2.45) is 0 Å². The molecule has 3 aromatic rings. The van der Waals surface area contributed by atoms with Gasteiger partial charge in [-0.1, -0.05) is 91.9 Å². The summed E-state index contributed by atoms with van der Waals surface area (Å²) in [5, 5.41) is -0.0601. The van der Waals surface area contributed by atoms with Gasteiger partial charge in [0.1, 0.15) is 11.4 Å². The summed E-state index contributed by atoms with van der Waals surface area (Å²) in [4.78, 5) is 0. The third-order valence-corrected chi connectivity index (χ3v) is 5.57. The summed E-state index contributed by atoms with van der Waals surface area (Å²) in [5.41, 5.74) is 2.37. The molecule has 0 unspecified atom stereocenters. The molecule has 0 fully saturated rings. The first kappa shape index (κ1) is 24.1. The zero-order valence-corrected chi connectivity index (χ0v) is 19.7. The van der Waals surface area contributed by atoms with E-state index in [-0.39, 0.29) is 5.25 Å². The minimum Gasteiger partial charge on any atom is -0.497 e. The molecule has 0 spiro atoms. The van der Waals surface area contributed by atoms with E-state index in [4.69, 9.17) is 26.8 Å². The van der Waals surface area contributed by atoms with Gasteiger partial charge < -0.3 is 14.2 Å². The van der Waals surface area contributed by atoms with Crippen molar-refractivity contribution in [1.29, 1.82) is 0 Å². The Bertz CT molecular complexity index is 900. The number of ether oxygens (including phenoxy) is 3. The molecule has 168 valence electrons. The molecule has 0 heterocycles. The van der Waals surface area contributed by atoms with Crippen LogP contribution in [-0.2, 0) is 15.1 Å². The van der Waals surface area contributed by atoms with Gasteiger partial charge in [0.2, 0.25) is 0 Å². The summed E-state index contributed by atoms with van der Waals surface area (Å²) >= 11 is 4.74.